The predicted octanol–water partition coefficient (Wildman–Crippen LogP) is -2.03. The summed E-state index contributed by atoms with van der Waals surface area (Å²) in [7, 11) is 0. The zero-order valence-corrected chi connectivity index (χ0v) is 13.7. The maximum atomic E-state index is 12.9. The molecule has 2 bridgehead atoms. The molecule has 4 atom stereocenters. The van der Waals surface area contributed by atoms with Crippen molar-refractivity contribution in [3.8, 4) is 0 Å². The standard InChI is InChI=1S/C17H24N2O4/c1-10(2)18-7-4-11(5-8-18)19-9-17-6-3-12(23-17)13(16(21)22)14(17)15(19)20/h3,6,10-14H,4-5,7-9H2,1-2H3,(H,21,22)/t12-,13-,14-,17+/m0/s1. The number of piperidine rings is 1. The second kappa shape index (κ2) is 5.05. The van der Waals surface area contributed by atoms with Crippen LogP contribution in [-0.2, 0) is 14.3 Å². The highest BCUT2D eigenvalue weighted by Crippen LogP contribution is 2.52. The molecular formula is C17H24N2O4. The number of aliphatic carboxylic acids is 1. The van der Waals surface area contributed by atoms with Crippen LogP contribution in [-0.4, -0.2) is 60.2 Å². The summed E-state index contributed by atoms with van der Waals surface area (Å²) in [6.45, 7) is 7.07. The summed E-state index contributed by atoms with van der Waals surface area (Å²) in [4.78, 5) is 27.9. The summed E-state index contributed by atoms with van der Waals surface area (Å²) in [5, 5.41) is 11.5. The zero-order chi connectivity index (χ0) is 16.4. The van der Waals surface area contributed by atoms with E-state index in [1.54, 1.807) is 11.0 Å². The van der Waals surface area contributed by atoms with E-state index in [4.69, 9.17) is 4.74 Å². The van der Waals surface area contributed by atoms with Crippen LogP contribution < -0.4 is 10.0 Å². The Morgan fingerprint density at radius 2 is 2.13 bits per heavy atom. The normalized spacial score (nSPS) is 45.1. The number of carbonyl (C=O) groups is 2. The monoisotopic (exact) mass is 320 g/mol. The number of hydrogen-bond donors (Lipinski definition) is 1. The topological polar surface area (TPSA) is 74.1 Å². The molecule has 23 heavy (non-hydrogen) atoms. The number of carbonyl (C=O) groups excluding carboxylic acids is 2. The van der Waals surface area contributed by atoms with Gasteiger partial charge in [0.05, 0.1) is 37.7 Å². The Balaban J connectivity index is 1.52. The van der Waals surface area contributed by atoms with Crippen LogP contribution in [0.3, 0.4) is 0 Å². The van der Waals surface area contributed by atoms with Gasteiger partial charge in [0.25, 0.3) is 0 Å². The van der Waals surface area contributed by atoms with E-state index in [2.05, 4.69) is 13.8 Å². The summed E-state index contributed by atoms with van der Waals surface area (Å²) in [6, 6.07) is 0.816. The lowest BCUT2D eigenvalue weighted by molar-refractivity contribution is -0.926. The van der Waals surface area contributed by atoms with E-state index < -0.39 is 29.5 Å². The van der Waals surface area contributed by atoms with Crippen molar-refractivity contribution in [1.29, 1.82) is 0 Å². The van der Waals surface area contributed by atoms with Crippen molar-refractivity contribution in [1.82, 2.24) is 4.90 Å². The van der Waals surface area contributed by atoms with Crippen molar-refractivity contribution in [2.24, 2.45) is 11.8 Å². The van der Waals surface area contributed by atoms with Crippen LogP contribution in [0, 0.1) is 11.8 Å². The maximum absolute atomic E-state index is 12.9. The molecule has 0 radical (unpaired) electrons. The van der Waals surface area contributed by atoms with Gasteiger partial charge in [-0.25, -0.2) is 0 Å². The van der Waals surface area contributed by atoms with Gasteiger partial charge in [0.1, 0.15) is 5.60 Å². The van der Waals surface area contributed by atoms with Gasteiger partial charge in [-0.05, 0) is 13.8 Å². The fourth-order valence-electron chi connectivity index (χ4n) is 4.97. The Hall–Kier alpha value is -1.40. The fourth-order valence-corrected chi connectivity index (χ4v) is 4.97. The van der Waals surface area contributed by atoms with E-state index in [-0.39, 0.29) is 11.9 Å². The number of ether oxygens (including phenoxy) is 1. The predicted molar refractivity (Wildman–Crippen MR) is 79.3 cm³/mol. The van der Waals surface area contributed by atoms with Crippen LogP contribution in [0.15, 0.2) is 12.2 Å². The highest BCUT2D eigenvalue weighted by Gasteiger charge is 2.66. The number of likely N-dealkylation sites (tertiary alicyclic amines) is 2. The fraction of sp³-hybridized carbons (Fsp3) is 0.765. The lowest BCUT2D eigenvalue weighted by Gasteiger charge is -2.37. The molecule has 0 aliphatic carbocycles. The van der Waals surface area contributed by atoms with Crippen LogP contribution >= 0.6 is 0 Å². The molecule has 1 amide bonds. The first-order valence-electron chi connectivity index (χ1n) is 8.66. The second-order valence-corrected chi connectivity index (χ2v) is 7.73. The molecule has 4 aliphatic rings. The van der Waals surface area contributed by atoms with Gasteiger partial charge in [-0.3, -0.25) is 4.79 Å². The number of rotatable bonds is 3. The Labute approximate surface area is 136 Å². The van der Waals surface area contributed by atoms with Crippen LogP contribution in [0.25, 0.3) is 0 Å². The van der Waals surface area contributed by atoms with E-state index in [0.717, 1.165) is 25.9 Å². The van der Waals surface area contributed by atoms with E-state index >= 15 is 0 Å². The molecule has 1 N–H and O–H groups in total. The first kappa shape index (κ1) is 15.1. The van der Waals surface area contributed by atoms with Crippen molar-refractivity contribution in [2.45, 2.75) is 50.5 Å². The lowest BCUT2D eigenvalue weighted by Crippen LogP contribution is -3.16. The third-order valence-electron chi connectivity index (χ3n) is 6.26. The summed E-state index contributed by atoms with van der Waals surface area (Å²) >= 11 is 0. The van der Waals surface area contributed by atoms with Crippen molar-refractivity contribution in [3.05, 3.63) is 12.2 Å². The molecule has 0 aromatic heterocycles. The SMILES string of the molecule is CC(C)[NH+]1CCC(N2C[C@@]34C=C[C@H](O3)[C@H](C(=O)[O-])[C@H]4C2=O)CC1. The molecule has 6 heteroatoms. The van der Waals surface area contributed by atoms with Crippen LogP contribution in [0.5, 0.6) is 0 Å². The minimum absolute atomic E-state index is 0.0518. The Bertz CT molecular complexity index is 567. The third kappa shape index (κ3) is 2.08. The molecule has 4 aliphatic heterocycles. The third-order valence-corrected chi connectivity index (χ3v) is 6.26. The van der Waals surface area contributed by atoms with E-state index in [9.17, 15) is 14.7 Å². The molecule has 0 unspecified atom stereocenters. The van der Waals surface area contributed by atoms with Crippen molar-refractivity contribution < 1.29 is 24.3 Å². The second-order valence-electron chi connectivity index (χ2n) is 7.73. The van der Waals surface area contributed by atoms with Crippen molar-refractivity contribution in [2.75, 3.05) is 19.6 Å². The first-order chi connectivity index (χ1) is 10.9. The van der Waals surface area contributed by atoms with Gasteiger partial charge in [-0.1, -0.05) is 12.2 Å². The minimum Gasteiger partial charge on any atom is -0.550 e. The largest absolute Gasteiger partial charge is 0.550 e. The Kier molecular flexibility index (Phi) is 3.32. The smallest absolute Gasteiger partial charge is 0.230 e. The maximum Gasteiger partial charge on any atom is 0.230 e. The molecule has 0 aromatic carbocycles. The Morgan fingerprint density at radius 1 is 1.43 bits per heavy atom. The average molecular weight is 320 g/mol. The number of amides is 1. The lowest BCUT2D eigenvalue weighted by atomic mass is 9.77. The first-order valence-corrected chi connectivity index (χ1v) is 8.66. The number of fused-ring (bicyclic) bond motifs is 1. The summed E-state index contributed by atoms with van der Waals surface area (Å²) in [5.74, 6) is -2.65. The van der Waals surface area contributed by atoms with Crippen molar-refractivity contribution >= 4 is 11.9 Å². The van der Waals surface area contributed by atoms with Crippen molar-refractivity contribution in [3.63, 3.8) is 0 Å². The van der Waals surface area contributed by atoms with Crippen LogP contribution in [0.2, 0.25) is 0 Å². The van der Waals surface area contributed by atoms with E-state index in [1.165, 1.54) is 0 Å². The number of nitrogens with one attached hydrogen (secondary N) is 1. The number of carboxylic acids is 1. The van der Waals surface area contributed by atoms with Gasteiger partial charge in [-0.15, -0.1) is 0 Å². The molecule has 0 saturated carbocycles. The molecule has 0 aromatic rings. The average Bonchev–Trinajstić information content (AvgIpc) is 3.15. The zero-order valence-electron chi connectivity index (χ0n) is 13.7. The minimum atomic E-state index is -1.17. The summed E-state index contributed by atoms with van der Waals surface area (Å²) < 4.78 is 5.91. The molecule has 3 fully saturated rings. The van der Waals surface area contributed by atoms with Gasteiger partial charge in [0.2, 0.25) is 5.91 Å². The Morgan fingerprint density at radius 3 is 2.74 bits per heavy atom. The highest BCUT2D eigenvalue weighted by atomic mass is 16.5. The van der Waals surface area contributed by atoms with Gasteiger partial charge in [-0.2, -0.15) is 0 Å². The number of carboxylic acid groups (broad SMARTS) is 1. The van der Waals surface area contributed by atoms with Gasteiger partial charge < -0.3 is 24.4 Å². The molecule has 1 spiro atoms. The number of nitrogens with zero attached hydrogens (tertiary/aromatic N) is 1. The van der Waals surface area contributed by atoms with E-state index in [1.807, 2.05) is 11.0 Å². The molecule has 3 saturated heterocycles. The van der Waals surface area contributed by atoms with Gasteiger partial charge in [0.15, 0.2) is 0 Å². The molecule has 126 valence electrons. The van der Waals surface area contributed by atoms with Crippen LogP contribution in [0.4, 0.5) is 0 Å². The molecular weight excluding hydrogens is 296 g/mol. The van der Waals surface area contributed by atoms with E-state index in [0.29, 0.717) is 12.6 Å². The molecule has 6 nitrogen and oxygen atoms in total. The number of hydrogen-bond acceptors (Lipinski definition) is 4. The molecule has 4 heterocycles. The quantitative estimate of drug-likeness (QED) is 0.609. The summed E-state index contributed by atoms with van der Waals surface area (Å²) in [6.07, 6.45) is 5.16. The molecule has 4 rings (SSSR count). The van der Waals surface area contributed by atoms with Gasteiger partial charge >= 0.3 is 0 Å². The van der Waals surface area contributed by atoms with Gasteiger partial charge in [0, 0.05) is 30.8 Å². The number of quaternary nitrogens is 1. The van der Waals surface area contributed by atoms with Crippen LogP contribution in [0.1, 0.15) is 26.7 Å². The summed E-state index contributed by atoms with van der Waals surface area (Å²) in [5.41, 5.74) is -0.728. The highest BCUT2D eigenvalue weighted by molar-refractivity contribution is 5.90.